The molecule has 2 heterocycles. The zero-order valence-electron chi connectivity index (χ0n) is 9.18. The van der Waals surface area contributed by atoms with Gasteiger partial charge in [0.2, 0.25) is 5.69 Å². The molecule has 0 saturated heterocycles. The summed E-state index contributed by atoms with van der Waals surface area (Å²) in [7, 11) is 1.49. The minimum Gasteiger partial charge on any atom is -0.618 e. The summed E-state index contributed by atoms with van der Waals surface area (Å²) in [5.41, 5.74) is 0.829. The van der Waals surface area contributed by atoms with Crippen molar-refractivity contribution in [3.05, 3.63) is 47.9 Å². The SMILES string of the molecule is [2H]c1cc(OC)cc(-c2ccccn2)[n+]1[O-]. The number of methoxy groups -OCH3 is 1. The van der Waals surface area contributed by atoms with Crippen molar-refractivity contribution in [2.75, 3.05) is 7.11 Å². The van der Waals surface area contributed by atoms with Gasteiger partial charge < -0.3 is 9.94 Å². The van der Waals surface area contributed by atoms with E-state index >= 15 is 0 Å². The molecule has 2 rings (SSSR count). The van der Waals surface area contributed by atoms with Crippen LogP contribution in [0.5, 0.6) is 5.75 Å². The Morgan fingerprint density at radius 1 is 1.47 bits per heavy atom. The smallest absolute Gasteiger partial charge is 0.246 e. The molecule has 76 valence electrons. The molecule has 0 N–H and O–H groups in total. The maximum absolute atomic E-state index is 11.7. The van der Waals surface area contributed by atoms with E-state index in [9.17, 15) is 5.21 Å². The normalized spacial score (nSPS) is 10.9. The molecular weight excluding hydrogens is 192 g/mol. The van der Waals surface area contributed by atoms with Gasteiger partial charge in [-0.15, -0.1) is 0 Å². The molecule has 0 aliphatic carbocycles. The average molecular weight is 203 g/mol. The number of ether oxygens (including phenoxy) is 1. The molecule has 2 aromatic heterocycles. The predicted octanol–water partition coefficient (Wildman–Crippen LogP) is 1.39. The number of hydrogen-bond acceptors (Lipinski definition) is 3. The van der Waals surface area contributed by atoms with E-state index in [-0.39, 0.29) is 6.17 Å². The summed E-state index contributed by atoms with van der Waals surface area (Å²) in [5.74, 6) is 0.470. The van der Waals surface area contributed by atoms with Crippen LogP contribution in [0.15, 0.2) is 42.7 Å². The van der Waals surface area contributed by atoms with Crippen molar-refractivity contribution in [3.63, 3.8) is 0 Å². The molecule has 0 radical (unpaired) electrons. The molecule has 0 aliphatic heterocycles. The first-order valence-corrected chi connectivity index (χ1v) is 4.42. The Morgan fingerprint density at radius 2 is 2.33 bits per heavy atom. The zero-order valence-corrected chi connectivity index (χ0v) is 8.18. The van der Waals surface area contributed by atoms with Crippen LogP contribution >= 0.6 is 0 Å². The Balaban J connectivity index is 2.60. The third kappa shape index (κ3) is 1.88. The quantitative estimate of drug-likeness (QED) is 0.547. The predicted molar refractivity (Wildman–Crippen MR) is 55.2 cm³/mol. The van der Waals surface area contributed by atoms with Crippen LogP contribution in [-0.4, -0.2) is 12.1 Å². The van der Waals surface area contributed by atoms with E-state index in [1.807, 2.05) is 0 Å². The molecule has 0 unspecified atom stereocenters. The lowest BCUT2D eigenvalue weighted by Gasteiger charge is -2.05. The van der Waals surface area contributed by atoms with Gasteiger partial charge >= 0.3 is 0 Å². The van der Waals surface area contributed by atoms with E-state index in [0.717, 1.165) is 0 Å². The van der Waals surface area contributed by atoms with Gasteiger partial charge in [-0.25, -0.2) is 4.98 Å². The fourth-order valence-electron chi connectivity index (χ4n) is 1.24. The van der Waals surface area contributed by atoms with Crippen molar-refractivity contribution in [1.29, 1.82) is 0 Å². The first-order valence-electron chi connectivity index (χ1n) is 4.92. The Kier molecular flexibility index (Phi) is 2.17. The number of rotatable bonds is 2. The van der Waals surface area contributed by atoms with Crippen LogP contribution in [0.25, 0.3) is 11.4 Å². The molecular formula is C11H10N2O2. The number of pyridine rings is 2. The van der Waals surface area contributed by atoms with E-state index in [4.69, 9.17) is 6.11 Å². The number of nitrogens with zero attached hydrogens (tertiary/aromatic N) is 2. The third-order valence-electron chi connectivity index (χ3n) is 1.98. The highest BCUT2D eigenvalue weighted by molar-refractivity contribution is 5.52. The largest absolute Gasteiger partial charge is 0.618 e. The van der Waals surface area contributed by atoms with E-state index < -0.39 is 0 Å². The molecule has 0 spiro atoms. The van der Waals surface area contributed by atoms with Gasteiger partial charge in [-0.1, -0.05) is 6.07 Å². The van der Waals surface area contributed by atoms with Gasteiger partial charge in [-0.2, -0.15) is 4.73 Å². The molecule has 4 heteroatoms. The molecule has 2 aromatic rings. The van der Waals surface area contributed by atoms with Crippen molar-refractivity contribution in [2.24, 2.45) is 0 Å². The van der Waals surface area contributed by atoms with Crippen molar-refractivity contribution in [1.82, 2.24) is 4.98 Å². The van der Waals surface area contributed by atoms with Gasteiger partial charge in [0.25, 0.3) is 0 Å². The molecule has 0 bridgehead atoms. The third-order valence-corrected chi connectivity index (χ3v) is 1.98. The Morgan fingerprint density at radius 3 is 3.00 bits per heavy atom. The summed E-state index contributed by atoms with van der Waals surface area (Å²) in [4.78, 5) is 4.07. The lowest BCUT2D eigenvalue weighted by molar-refractivity contribution is -0.593. The molecule has 0 fully saturated rings. The van der Waals surface area contributed by atoms with Crippen LogP contribution in [0.3, 0.4) is 0 Å². The fraction of sp³-hybridized carbons (Fsp3) is 0.0909. The standard InChI is InChI=1S/C11H10N2O2/c1-15-9-5-7-13(14)11(8-9)10-4-2-3-6-12-10/h2-8H,1H3/i7D. The second-order valence-electron chi connectivity index (χ2n) is 2.92. The van der Waals surface area contributed by atoms with Crippen LogP contribution in [0.2, 0.25) is 0 Å². The van der Waals surface area contributed by atoms with Gasteiger partial charge in [-0.05, 0) is 12.1 Å². The topological polar surface area (TPSA) is 49.1 Å². The molecule has 0 aliphatic rings. The number of aromatic nitrogens is 2. The highest BCUT2D eigenvalue weighted by Gasteiger charge is 2.10. The van der Waals surface area contributed by atoms with Gasteiger partial charge in [0, 0.05) is 12.3 Å². The summed E-state index contributed by atoms with van der Waals surface area (Å²) in [6.45, 7) is 0. The molecule has 0 atom stereocenters. The van der Waals surface area contributed by atoms with Crippen molar-refractivity contribution < 1.29 is 10.8 Å². The van der Waals surface area contributed by atoms with E-state index in [1.54, 1.807) is 30.5 Å². The van der Waals surface area contributed by atoms with Gasteiger partial charge in [0.1, 0.15) is 12.8 Å². The van der Waals surface area contributed by atoms with Crippen LogP contribution in [0.4, 0.5) is 0 Å². The van der Waals surface area contributed by atoms with Crippen LogP contribution in [0.1, 0.15) is 1.37 Å². The summed E-state index contributed by atoms with van der Waals surface area (Å²) >= 11 is 0. The Bertz CT molecular complexity index is 503. The molecule has 0 aromatic carbocycles. The second-order valence-corrected chi connectivity index (χ2v) is 2.92. The molecule has 4 nitrogen and oxygen atoms in total. The average Bonchev–Trinajstić information content (AvgIpc) is 2.33. The second kappa shape index (κ2) is 3.96. The van der Waals surface area contributed by atoms with Crippen LogP contribution in [-0.2, 0) is 0 Å². The maximum Gasteiger partial charge on any atom is 0.246 e. The summed E-state index contributed by atoms with van der Waals surface area (Å²) < 4.78 is 13.0. The van der Waals surface area contributed by atoms with E-state index in [2.05, 4.69) is 4.98 Å². The Labute approximate surface area is 88.8 Å². The first-order chi connectivity index (χ1) is 7.72. The minimum atomic E-state index is -0.167. The summed E-state index contributed by atoms with van der Waals surface area (Å²) in [6, 6.07) is 8.18. The van der Waals surface area contributed by atoms with Gasteiger partial charge in [0.05, 0.1) is 13.2 Å². The summed E-state index contributed by atoms with van der Waals surface area (Å²) in [6.07, 6.45) is 1.43. The lowest BCUT2D eigenvalue weighted by Crippen LogP contribution is -2.28. The monoisotopic (exact) mass is 203 g/mol. The number of hydrogen-bond donors (Lipinski definition) is 0. The highest BCUT2D eigenvalue weighted by atomic mass is 16.5. The highest BCUT2D eigenvalue weighted by Crippen LogP contribution is 2.17. The van der Waals surface area contributed by atoms with Gasteiger partial charge in [-0.3, -0.25) is 0 Å². The zero-order chi connectivity index (χ0) is 11.5. The molecule has 0 saturated carbocycles. The Hall–Kier alpha value is -2.10. The lowest BCUT2D eigenvalue weighted by atomic mass is 10.2. The minimum absolute atomic E-state index is 0.167. The molecule has 15 heavy (non-hydrogen) atoms. The fourth-order valence-corrected chi connectivity index (χ4v) is 1.24. The maximum atomic E-state index is 11.7. The summed E-state index contributed by atoms with van der Waals surface area (Å²) in [5, 5.41) is 11.7. The first kappa shape index (κ1) is 8.23. The van der Waals surface area contributed by atoms with Crippen molar-refractivity contribution in [2.45, 2.75) is 0 Å². The van der Waals surface area contributed by atoms with Crippen LogP contribution in [0, 0.1) is 5.21 Å². The van der Waals surface area contributed by atoms with Crippen molar-refractivity contribution in [3.8, 4) is 17.1 Å². The van der Waals surface area contributed by atoms with E-state index in [0.29, 0.717) is 21.9 Å². The van der Waals surface area contributed by atoms with Crippen LogP contribution < -0.4 is 9.47 Å². The molecule has 0 amide bonds. The van der Waals surface area contributed by atoms with Crippen molar-refractivity contribution >= 4 is 0 Å². The van der Waals surface area contributed by atoms with Gasteiger partial charge in [0.15, 0.2) is 6.17 Å². The van der Waals surface area contributed by atoms with E-state index in [1.165, 1.54) is 13.2 Å².